The van der Waals surface area contributed by atoms with Crippen molar-refractivity contribution < 1.29 is 13.2 Å². The van der Waals surface area contributed by atoms with Gasteiger partial charge in [-0.3, -0.25) is 4.98 Å². The monoisotopic (exact) mass is 287 g/mol. The summed E-state index contributed by atoms with van der Waals surface area (Å²) in [5.74, 6) is 0. The molecular formula is C12H21N3O3S. The topological polar surface area (TPSA) is 80.3 Å². The fraction of sp³-hybridized carbons (Fsp3) is 0.583. The van der Waals surface area contributed by atoms with Gasteiger partial charge in [-0.2, -0.15) is 0 Å². The zero-order valence-electron chi connectivity index (χ0n) is 11.7. The first-order valence-corrected chi connectivity index (χ1v) is 7.51. The number of hydrogen-bond acceptors (Lipinski definition) is 5. The zero-order valence-corrected chi connectivity index (χ0v) is 12.5. The molecule has 0 aliphatic carbocycles. The molecule has 0 saturated carbocycles. The standard InChI is InChI=1S/C12H21N3O3S/c1-5-14-10-6-7-13-8-11(10)19(16,17)15-12(2,3)9-18-4/h6-8,15H,5,9H2,1-4H3,(H,13,14). The lowest BCUT2D eigenvalue weighted by Gasteiger charge is -2.25. The highest BCUT2D eigenvalue weighted by molar-refractivity contribution is 7.89. The van der Waals surface area contributed by atoms with Gasteiger partial charge in [0.1, 0.15) is 4.90 Å². The molecule has 108 valence electrons. The molecule has 0 aliphatic heterocycles. The molecule has 1 aromatic rings. The Hall–Kier alpha value is -1.18. The number of rotatable bonds is 7. The van der Waals surface area contributed by atoms with E-state index in [1.54, 1.807) is 26.1 Å². The fourth-order valence-electron chi connectivity index (χ4n) is 1.74. The van der Waals surface area contributed by atoms with Crippen molar-refractivity contribution in [3.63, 3.8) is 0 Å². The van der Waals surface area contributed by atoms with Crippen LogP contribution < -0.4 is 10.0 Å². The van der Waals surface area contributed by atoms with E-state index in [1.165, 1.54) is 13.3 Å². The van der Waals surface area contributed by atoms with Crippen LogP contribution in [0.2, 0.25) is 0 Å². The lowest BCUT2D eigenvalue weighted by molar-refractivity contribution is 0.141. The second-order valence-electron chi connectivity index (χ2n) is 4.82. The molecule has 1 rings (SSSR count). The van der Waals surface area contributed by atoms with Crippen LogP contribution in [-0.2, 0) is 14.8 Å². The summed E-state index contributed by atoms with van der Waals surface area (Å²) in [4.78, 5) is 4.02. The molecule has 2 N–H and O–H groups in total. The van der Waals surface area contributed by atoms with Crippen LogP contribution in [0.15, 0.2) is 23.4 Å². The van der Waals surface area contributed by atoms with Gasteiger partial charge >= 0.3 is 0 Å². The maximum atomic E-state index is 12.4. The van der Waals surface area contributed by atoms with Crippen LogP contribution in [0.3, 0.4) is 0 Å². The number of hydrogen-bond donors (Lipinski definition) is 2. The van der Waals surface area contributed by atoms with E-state index in [2.05, 4.69) is 15.0 Å². The third-order valence-corrected chi connectivity index (χ3v) is 4.08. The number of pyridine rings is 1. The molecule has 0 unspecified atom stereocenters. The molecule has 0 bridgehead atoms. The number of anilines is 1. The molecular weight excluding hydrogens is 266 g/mol. The summed E-state index contributed by atoms with van der Waals surface area (Å²) in [6.07, 6.45) is 2.89. The van der Waals surface area contributed by atoms with E-state index in [0.717, 1.165) is 0 Å². The second kappa shape index (κ2) is 6.31. The Labute approximate surface area is 114 Å². The molecule has 1 aromatic heterocycles. The Kier molecular flexibility index (Phi) is 5.28. The van der Waals surface area contributed by atoms with Gasteiger partial charge in [0.05, 0.1) is 17.8 Å². The van der Waals surface area contributed by atoms with Gasteiger partial charge < -0.3 is 10.1 Å². The summed E-state index contributed by atoms with van der Waals surface area (Å²) in [6, 6.07) is 1.64. The molecule has 0 aliphatic rings. The van der Waals surface area contributed by atoms with Gasteiger partial charge in [-0.1, -0.05) is 0 Å². The molecule has 19 heavy (non-hydrogen) atoms. The molecule has 0 radical (unpaired) electrons. The summed E-state index contributed by atoms with van der Waals surface area (Å²) < 4.78 is 32.4. The summed E-state index contributed by atoms with van der Waals surface area (Å²) in [5.41, 5.74) is -0.148. The Bertz CT molecular complexity index is 515. The van der Waals surface area contributed by atoms with Crippen LogP contribution in [0, 0.1) is 0 Å². The smallest absolute Gasteiger partial charge is 0.244 e. The largest absolute Gasteiger partial charge is 0.384 e. The number of aromatic nitrogens is 1. The Morgan fingerprint density at radius 2 is 2.11 bits per heavy atom. The van der Waals surface area contributed by atoms with Crippen molar-refractivity contribution in [2.45, 2.75) is 31.2 Å². The predicted molar refractivity (Wildman–Crippen MR) is 74.7 cm³/mol. The summed E-state index contributed by atoms with van der Waals surface area (Å²) in [6.45, 7) is 6.34. The van der Waals surface area contributed by atoms with Gasteiger partial charge in [-0.05, 0) is 26.8 Å². The van der Waals surface area contributed by atoms with Crippen molar-refractivity contribution in [3.05, 3.63) is 18.5 Å². The van der Waals surface area contributed by atoms with E-state index in [4.69, 9.17) is 4.74 Å². The molecule has 0 saturated heterocycles. The number of nitrogens with one attached hydrogen (secondary N) is 2. The summed E-state index contributed by atoms with van der Waals surface area (Å²) in [5, 5.41) is 3.01. The maximum Gasteiger partial charge on any atom is 0.244 e. The first kappa shape index (κ1) is 15.9. The zero-order chi connectivity index (χ0) is 14.5. The van der Waals surface area contributed by atoms with E-state index in [-0.39, 0.29) is 11.5 Å². The molecule has 0 atom stereocenters. The molecule has 7 heteroatoms. The minimum Gasteiger partial charge on any atom is -0.384 e. The fourth-order valence-corrected chi connectivity index (χ4v) is 3.27. The Morgan fingerprint density at radius 1 is 1.42 bits per heavy atom. The van der Waals surface area contributed by atoms with Gasteiger partial charge in [0, 0.05) is 26.0 Å². The van der Waals surface area contributed by atoms with Crippen molar-refractivity contribution in [1.82, 2.24) is 9.71 Å². The van der Waals surface area contributed by atoms with Gasteiger partial charge in [-0.15, -0.1) is 0 Å². The molecule has 0 aromatic carbocycles. The summed E-state index contributed by atoms with van der Waals surface area (Å²) >= 11 is 0. The number of nitrogens with zero attached hydrogens (tertiary/aromatic N) is 1. The third-order valence-electron chi connectivity index (χ3n) is 2.36. The molecule has 0 amide bonds. The van der Waals surface area contributed by atoms with Crippen LogP contribution in [0.4, 0.5) is 5.69 Å². The Morgan fingerprint density at radius 3 is 2.68 bits per heavy atom. The van der Waals surface area contributed by atoms with Gasteiger partial charge in [0.2, 0.25) is 10.0 Å². The van der Waals surface area contributed by atoms with Crippen LogP contribution in [0.1, 0.15) is 20.8 Å². The minimum absolute atomic E-state index is 0.140. The van der Waals surface area contributed by atoms with Crippen molar-refractivity contribution in [1.29, 1.82) is 0 Å². The first-order valence-electron chi connectivity index (χ1n) is 6.03. The first-order chi connectivity index (χ1) is 8.82. The third kappa shape index (κ3) is 4.45. The lowest BCUT2D eigenvalue weighted by atomic mass is 10.1. The number of methoxy groups -OCH3 is 1. The predicted octanol–water partition coefficient (Wildman–Crippen LogP) is 1.22. The quantitative estimate of drug-likeness (QED) is 0.788. The van der Waals surface area contributed by atoms with Crippen molar-refractivity contribution in [3.8, 4) is 0 Å². The molecule has 0 fully saturated rings. The molecule has 6 nitrogen and oxygen atoms in total. The lowest BCUT2D eigenvalue weighted by Crippen LogP contribution is -2.46. The van der Waals surface area contributed by atoms with Gasteiger partial charge in [0.25, 0.3) is 0 Å². The highest BCUT2D eigenvalue weighted by Gasteiger charge is 2.28. The number of sulfonamides is 1. The van der Waals surface area contributed by atoms with Crippen molar-refractivity contribution >= 4 is 15.7 Å². The number of ether oxygens (including phenoxy) is 1. The van der Waals surface area contributed by atoms with Crippen molar-refractivity contribution in [2.24, 2.45) is 0 Å². The van der Waals surface area contributed by atoms with E-state index in [0.29, 0.717) is 12.2 Å². The van der Waals surface area contributed by atoms with Gasteiger partial charge in [0.15, 0.2) is 0 Å². The highest BCUT2D eigenvalue weighted by atomic mass is 32.2. The van der Waals surface area contributed by atoms with E-state index >= 15 is 0 Å². The SMILES string of the molecule is CCNc1ccncc1S(=O)(=O)NC(C)(C)COC. The maximum absolute atomic E-state index is 12.4. The van der Waals surface area contributed by atoms with E-state index in [9.17, 15) is 8.42 Å². The van der Waals surface area contributed by atoms with Crippen molar-refractivity contribution in [2.75, 3.05) is 25.6 Å². The highest BCUT2D eigenvalue weighted by Crippen LogP contribution is 2.21. The van der Waals surface area contributed by atoms with E-state index < -0.39 is 15.6 Å². The van der Waals surface area contributed by atoms with E-state index in [1.807, 2.05) is 6.92 Å². The second-order valence-corrected chi connectivity index (χ2v) is 6.48. The molecule has 0 spiro atoms. The van der Waals surface area contributed by atoms with Gasteiger partial charge in [-0.25, -0.2) is 13.1 Å². The van der Waals surface area contributed by atoms with Crippen LogP contribution >= 0.6 is 0 Å². The summed E-state index contributed by atoms with van der Waals surface area (Å²) in [7, 11) is -2.12. The average Bonchev–Trinajstić information content (AvgIpc) is 2.28. The van der Waals surface area contributed by atoms with Crippen LogP contribution in [0.5, 0.6) is 0 Å². The Balaban J connectivity index is 3.07. The van der Waals surface area contributed by atoms with Crippen LogP contribution in [-0.4, -0.2) is 39.2 Å². The molecule has 1 heterocycles. The van der Waals surface area contributed by atoms with Crippen LogP contribution in [0.25, 0.3) is 0 Å². The average molecular weight is 287 g/mol. The minimum atomic E-state index is -3.65. The normalized spacial score (nSPS) is 12.4.